The number of nitrogens with zero attached hydrogens (tertiary/aromatic N) is 1. The lowest BCUT2D eigenvalue weighted by Crippen LogP contribution is -2.31. The van der Waals surface area contributed by atoms with E-state index in [1.165, 1.54) is 24.3 Å². The van der Waals surface area contributed by atoms with Gasteiger partial charge in [0.15, 0.2) is 0 Å². The third kappa shape index (κ3) is 4.56. The largest absolute Gasteiger partial charge is 0.573 e. The van der Waals surface area contributed by atoms with Crippen LogP contribution in [0.5, 0.6) is 11.5 Å². The standard InChI is InChI=1S/C23H18F3NO3/c24-23(25,26)30-19-9-6-17(7-10-19)18-8-11-21-20(14-18)22(28)27(12-13-29-21)15-16-4-2-1-3-5-16/h1-11,14H,12-13,15H2. The van der Waals surface area contributed by atoms with Gasteiger partial charge < -0.3 is 14.4 Å². The summed E-state index contributed by atoms with van der Waals surface area (Å²) in [5, 5.41) is 0. The highest BCUT2D eigenvalue weighted by Gasteiger charge is 2.31. The number of hydrogen-bond donors (Lipinski definition) is 0. The molecule has 0 saturated carbocycles. The average molecular weight is 413 g/mol. The zero-order valence-corrected chi connectivity index (χ0v) is 15.9. The Balaban J connectivity index is 1.59. The number of rotatable bonds is 4. The minimum atomic E-state index is -4.74. The number of carbonyl (C=O) groups is 1. The van der Waals surface area contributed by atoms with Crippen LogP contribution in [-0.2, 0) is 6.54 Å². The highest BCUT2D eigenvalue weighted by Crippen LogP contribution is 2.31. The zero-order chi connectivity index (χ0) is 21.1. The number of ether oxygens (including phenoxy) is 2. The van der Waals surface area contributed by atoms with Gasteiger partial charge in [-0.1, -0.05) is 48.5 Å². The zero-order valence-electron chi connectivity index (χ0n) is 15.9. The second-order valence-corrected chi connectivity index (χ2v) is 6.84. The fourth-order valence-corrected chi connectivity index (χ4v) is 3.34. The molecule has 4 nitrogen and oxygen atoms in total. The van der Waals surface area contributed by atoms with Crippen LogP contribution in [0.1, 0.15) is 15.9 Å². The number of amides is 1. The van der Waals surface area contributed by atoms with E-state index in [0.717, 1.165) is 5.56 Å². The highest BCUT2D eigenvalue weighted by atomic mass is 19.4. The fraction of sp³-hybridized carbons (Fsp3) is 0.174. The van der Waals surface area contributed by atoms with E-state index < -0.39 is 6.36 Å². The molecule has 0 radical (unpaired) electrons. The molecule has 0 atom stereocenters. The smallest absolute Gasteiger partial charge is 0.491 e. The first-order valence-electron chi connectivity index (χ1n) is 9.35. The first-order valence-corrected chi connectivity index (χ1v) is 9.35. The minimum Gasteiger partial charge on any atom is -0.491 e. The Hall–Kier alpha value is -3.48. The van der Waals surface area contributed by atoms with Crippen molar-refractivity contribution in [1.82, 2.24) is 4.90 Å². The Morgan fingerprint density at radius 3 is 2.33 bits per heavy atom. The summed E-state index contributed by atoms with van der Waals surface area (Å²) in [4.78, 5) is 14.9. The van der Waals surface area contributed by atoms with Gasteiger partial charge in [-0.25, -0.2) is 0 Å². The molecule has 7 heteroatoms. The molecule has 30 heavy (non-hydrogen) atoms. The third-order valence-electron chi connectivity index (χ3n) is 4.75. The van der Waals surface area contributed by atoms with E-state index in [1.807, 2.05) is 30.3 Å². The predicted octanol–water partition coefficient (Wildman–Crippen LogP) is 5.29. The van der Waals surface area contributed by atoms with Crippen molar-refractivity contribution in [3.63, 3.8) is 0 Å². The molecular weight excluding hydrogens is 395 g/mol. The van der Waals surface area contributed by atoms with Crippen LogP contribution in [-0.4, -0.2) is 30.3 Å². The molecule has 0 unspecified atom stereocenters. The van der Waals surface area contributed by atoms with Crippen LogP contribution in [0.25, 0.3) is 11.1 Å². The molecule has 1 amide bonds. The van der Waals surface area contributed by atoms with Gasteiger partial charge in [-0.3, -0.25) is 4.79 Å². The lowest BCUT2D eigenvalue weighted by molar-refractivity contribution is -0.274. The quantitative estimate of drug-likeness (QED) is 0.584. The van der Waals surface area contributed by atoms with E-state index in [0.29, 0.717) is 42.1 Å². The normalized spacial score (nSPS) is 14.0. The maximum absolute atomic E-state index is 13.1. The molecular formula is C23H18F3NO3. The van der Waals surface area contributed by atoms with Crippen LogP contribution < -0.4 is 9.47 Å². The summed E-state index contributed by atoms with van der Waals surface area (Å²) in [6.45, 7) is 1.31. The Labute approximate surface area is 171 Å². The molecule has 3 aromatic carbocycles. The molecule has 0 spiro atoms. The summed E-state index contributed by atoms with van der Waals surface area (Å²) in [6, 6.07) is 20.4. The summed E-state index contributed by atoms with van der Waals surface area (Å²) in [6.07, 6.45) is -4.74. The first-order chi connectivity index (χ1) is 14.4. The van der Waals surface area contributed by atoms with Gasteiger partial charge in [-0.05, 0) is 41.0 Å². The topological polar surface area (TPSA) is 38.8 Å². The van der Waals surface area contributed by atoms with Crippen LogP contribution in [0, 0.1) is 0 Å². The Bertz CT molecular complexity index is 1030. The molecule has 0 aromatic heterocycles. The summed E-state index contributed by atoms with van der Waals surface area (Å²) >= 11 is 0. The molecule has 1 aliphatic heterocycles. The lowest BCUT2D eigenvalue weighted by Gasteiger charge is -2.20. The number of carbonyl (C=O) groups excluding carboxylic acids is 1. The second-order valence-electron chi connectivity index (χ2n) is 6.84. The van der Waals surface area contributed by atoms with E-state index in [4.69, 9.17) is 4.74 Å². The Morgan fingerprint density at radius 2 is 1.63 bits per heavy atom. The molecule has 3 aromatic rings. The molecule has 0 N–H and O–H groups in total. The SMILES string of the molecule is O=C1c2cc(-c3ccc(OC(F)(F)F)cc3)ccc2OCCN1Cc1ccccc1. The van der Waals surface area contributed by atoms with Crippen molar-refractivity contribution in [2.75, 3.05) is 13.2 Å². The minimum absolute atomic E-state index is 0.148. The predicted molar refractivity (Wildman–Crippen MR) is 105 cm³/mol. The number of fused-ring (bicyclic) bond motifs is 1. The average Bonchev–Trinajstić information content (AvgIpc) is 2.87. The summed E-state index contributed by atoms with van der Waals surface area (Å²) in [5.41, 5.74) is 2.81. The maximum Gasteiger partial charge on any atom is 0.573 e. The van der Waals surface area contributed by atoms with Crippen LogP contribution in [0.3, 0.4) is 0 Å². The second kappa shape index (κ2) is 8.10. The van der Waals surface area contributed by atoms with Crippen molar-refractivity contribution in [3.8, 4) is 22.6 Å². The Morgan fingerprint density at radius 1 is 0.933 bits per heavy atom. The van der Waals surface area contributed by atoms with Crippen molar-refractivity contribution in [3.05, 3.63) is 83.9 Å². The van der Waals surface area contributed by atoms with E-state index in [-0.39, 0.29) is 11.7 Å². The Kier molecular flexibility index (Phi) is 5.35. The van der Waals surface area contributed by atoms with Crippen molar-refractivity contribution >= 4 is 5.91 Å². The van der Waals surface area contributed by atoms with Crippen LogP contribution in [0.15, 0.2) is 72.8 Å². The van der Waals surface area contributed by atoms with Crippen LogP contribution in [0.2, 0.25) is 0 Å². The van der Waals surface area contributed by atoms with Gasteiger partial charge in [-0.15, -0.1) is 13.2 Å². The van der Waals surface area contributed by atoms with E-state index in [1.54, 1.807) is 23.1 Å². The van der Waals surface area contributed by atoms with Crippen molar-refractivity contribution < 1.29 is 27.4 Å². The van der Waals surface area contributed by atoms with Crippen LogP contribution >= 0.6 is 0 Å². The van der Waals surface area contributed by atoms with E-state index >= 15 is 0 Å². The molecule has 0 aliphatic carbocycles. The maximum atomic E-state index is 13.1. The monoisotopic (exact) mass is 413 g/mol. The van der Waals surface area contributed by atoms with Gasteiger partial charge in [-0.2, -0.15) is 0 Å². The highest BCUT2D eigenvalue weighted by molar-refractivity contribution is 5.98. The van der Waals surface area contributed by atoms with Gasteiger partial charge in [0.2, 0.25) is 0 Å². The van der Waals surface area contributed by atoms with Crippen LogP contribution in [0.4, 0.5) is 13.2 Å². The fourth-order valence-electron chi connectivity index (χ4n) is 3.34. The number of hydrogen-bond acceptors (Lipinski definition) is 3. The summed E-state index contributed by atoms with van der Waals surface area (Å²) < 4.78 is 46.7. The van der Waals surface area contributed by atoms with Gasteiger partial charge >= 0.3 is 6.36 Å². The molecule has 0 fully saturated rings. The molecule has 1 heterocycles. The first kappa shape index (κ1) is 19.8. The molecule has 0 bridgehead atoms. The molecule has 4 rings (SSSR count). The van der Waals surface area contributed by atoms with Gasteiger partial charge in [0.1, 0.15) is 18.1 Å². The molecule has 1 aliphatic rings. The van der Waals surface area contributed by atoms with Gasteiger partial charge in [0.25, 0.3) is 5.91 Å². The number of benzene rings is 3. The van der Waals surface area contributed by atoms with Gasteiger partial charge in [0, 0.05) is 6.54 Å². The van der Waals surface area contributed by atoms with E-state index in [2.05, 4.69) is 4.74 Å². The molecule has 154 valence electrons. The number of alkyl halides is 3. The summed E-state index contributed by atoms with van der Waals surface area (Å²) in [5.74, 6) is 0.0519. The number of halogens is 3. The summed E-state index contributed by atoms with van der Waals surface area (Å²) in [7, 11) is 0. The van der Waals surface area contributed by atoms with Crippen molar-refractivity contribution in [2.24, 2.45) is 0 Å². The van der Waals surface area contributed by atoms with E-state index in [9.17, 15) is 18.0 Å². The lowest BCUT2D eigenvalue weighted by atomic mass is 10.0. The van der Waals surface area contributed by atoms with Crippen molar-refractivity contribution in [1.29, 1.82) is 0 Å². The molecule has 0 saturated heterocycles. The van der Waals surface area contributed by atoms with Crippen molar-refractivity contribution in [2.45, 2.75) is 12.9 Å². The third-order valence-corrected chi connectivity index (χ3v) is 4.75. The van der Waals surface area contributed by atoms with Gasteiger partial charge in [0.05, 0.1) is 12.1 Å².